The minimum Gasteiger partial charge on any atom is -0.506 e. The highest BCUT2D eigenvalue weighted by atomic mass is 79.9. The van der Waals surface area contributed by atoms with E-state index in [1.807, 2.05) is 12.1 Å². The third-order valence-electron chi connectivity index (χ3n) is 2.54. The minimum atomic E-state index is -0.441. The number of carbonyl (C=O) groups excluding carboxylic acids is 1. The number of carbonyl (C=O) groups is 1. The van der Waals surface area contributed by atoms with Gasteiger partial charge in [-0.25, -0.2) is 4.79 Å². The van der Waals surface area contributed by atoms with E-state index in [0.717, 1.165) is 4.47 Å². The number of halogens is 1. The maximum absolute atomic E-state index is 11.8. The number of methoxy groups -OCH3 is 1. The summed E-state index contributed by atoms with van der Waals surface area (Å²) in [4.78, 5) is 11.8. The first kappa shape index (κ1) is 14.2. The molecule has 3 N–H and O–H groups in total. The number of aromatic hydroxyl groups is 1. The average molecular weight is 337 g/mol. The first-order valence-electron chi connectivity index (χ1n) is 5.79. The van der Waals surface area contributed by atoms with Crippen LogP contribution in [0, 0.1) is 0 Å². The summed E-state index contributed by atoms with van der Waals surface area (Å²) in [6.07, 6.45) is 0. The maximum atomic E-state index is 11.8. The number of amides is 2. The first-order valence-corrected chi connectivity index (χ1v) is 6.58. The number of nitrogens with one attached hydrogen (secondary N) is 2. The number of phenols is 1. The Kier molecular flexibility index (Phi) is 4.47. The van der Waals surface area contributed by atoms with E-state index in [-0.39, 0.29) is 5.75 Å². The summed E-state index contributed by atoms with van der Waals surface area (Å²) in [5.74, 6) is 0.453. The standard InChI is InChI=1S/C14H13BrN2O3/c1-20-11-5-6-12(13(18)8-11)17-14(19)16-10-4-2-3-9(15)7-10/h2-8,18H,1H3,(H2,16,17,19). The Morgan fingerprint density at radius 3 is 2.65 bits per heavy atom. The van der Waals surface area contributed by atoms with E-state index < -0.39 is 6.03 Å². The summed E-state index contributed by atoms with van der Waals surface area (Å²) in [5, 5.41) is 15.0. The fraction of sp³-hybridized carbons (Fsp3) is 0.0714. The molecule has 2 aromatic carbocycles. The van der Waals surface area contributed by atoms with Crippen molar-refractivity contribution in [3.63, 3.8) is 0 Å². The van der Waals surface area contributed by atoms with Gasteiger partial charge in [0.25, 0.3) is 0 Å². The Hall–Kier alpha value is -2.21. The van der Waals surface area contributed by atoms with Crippen LogP contribution < -0.4 is 15.4 Å². The molecule has 2 aromatic rings. The van der Waals surface area contributed by atoms with Crippen molar-refractivity contribution < 1.29 is 14.6 Å². The Morgan fingerprint density at radius 2 is 2.00 bits per heavy atom. The molecule has 0 aliphatic heterocycles. The average Bonchev–Trinajstić information content (AvgIpc) is 2.41. The molecule has 2 rings (SSSR count). The molecule has 20 heavy (non-hydrogen) atoms. The zero-order chi connectivity index (χ0) is 14.5. The highest BCUT2D eigenvalue weighted by Crippen LogP contribution is 2.28. The Labute approximate surface area is 124 Å². The molecule has 0 saturated carbocycles. The van der Waals surface area contributed by atoms with Crippen molar-refractivity contribution in [3.05, 3.63) is 46.9 Å². The largest absolute Gasteiger partial charge is 0.506 e. The monoisotopic (exact) mass is 336 g/mol. The van der Waals surface area contributed by atoms with Crippen LogP contribution in [0.5, 0.6) is 11.5 Å². The number of benzene rings is 2. The fourth-order valence-electron chi connectivity index (χ4n) is 1.60. The van der Waals surface area contributed by atoms with Gasteiger partial charge in [-0.15, -0.1) is 0 Å². The Morgan fingerprint density at radius 1 is 1.20 bits per heavy atom. The van der Waals surface area contributed by atoms with Crippen LogP contribution in [0.2, 0.25) is 0 Å². The quantitative estimate of drug-likeness (QED) is 0.746. The molecular weight excluding hydrogens is 324 g/mol. The molecule has 5 nitrogen and oxygen atoms in total. The lowest BCUT2D eigenvalue weighted by Crippen LogP contribution is -2.19. The molecule has 0 radical (unpaired) electrons. The van der Waals surface area contributed by atoms with Crippen LogP contribution in [-0.4, -0.2) is 18.2 Å². The Bertz CT molecular complexity index is 632. The predicted octanol–water partition coefficient (Wildman–Crippen LogP) is 3.81. The van der Waals surface area contributed by atoms with Crippen molar-refractivity contribution >= 4 is 33.3 Å². The summed E-state index contributed by atoms with van der Waals surface area (Å²) in [7, 11) is 1.50. The van der Waals surface area contributed by atoms with Crippen molar-refractivity contribution in [3.8, 4) is 11.5 Å². The number of anilines is 2. The molecular formula is C14H13BrN2O3. The Balaban J connectivity index is 2.05. The summed E-state index contributed by atoms with van der Waals surface area (Å²) in [6, 6.07) is 11.4. The van der Waals surface area contributed by atoms with Gasteiger partial charge in [-0.05, 0) is 30.3 Å². The second-order valence-corrected chi connectivity index (χ2v) is 4.89. The molecule has 0 aliphatic rings. The molecule has 0 bridgehead atoms. The lowest BCUT2D eigenvalue weighted by atomic mass is 10.2. The van der Waals surface area contributed by atoms with Crippen LogP contribution in [0.4, 0.5) is 16.2 Å². The van der Waals surface area contributed by atoms with Gasteiger partial charge in [0.2, 0.25) is 0 Å². The zero-order valence-electron chi connectivity index (χ0n) is 10.7. The van der Waals surface area contributed by atoms with E-state index in [1.165, 1.54) is 13.2 Å². The SMILES string of the molecule is COc1ccc(NC(=O)Nc2cccc(Br)c2)c(O)c1. The molecule has 0 unspecified atom stereocenters. The smallest absolute Gasteiger partial charge is 0.323 e. The number of hydrogen-bond donors (Lipinski definition) is 3. The van der Waals surface area contributed by atoms with Gasteiger partial charge in [0.15, 0.2) is 0 Å². The third-order valence-corrected chi connectivity index (χ3v) is 3.03. The molecule has 6 heteroatoms. The minimum absolute atomic E-state index is 0.0613. The lowest BCUT2D eigenvalue weighted by Gasteiger charge is -2.10. The summed E-state index contributed by atoms with van der Waals surface area (Å²) >= 11 is 3.32. The summed E-state index contributed by atoms with van der Waals surface area (Å²) < 4.78 is 5.83. The second-order valence-electron chi connectivity index (χ2n) is 3.97. The number of hydrogen-bond acceptors (Lipinski definition) is 3. The van der Waals surface area contributed by atoms with Crippen LogP contribution in [0.25, 0.3) is 0 Å². The molecule has 0 atom stereocenters. The fourth-order valence-corrected chi connectivity index (χ4v) is 1.99. The van der Waals surface area contributed by atoms with E-state index in [1.54, 1.807) is 24.3 Å². The van der Waals surface area contributed by atoms with Crippen molar-refractivity contribution in [2.45, 2.75) is 0 Å². The number of urea groups is 1. The maximum Gasteiger partial charge on any atom is 0.323 e. The molecule has 2 amide bonds. The summed E-state index contributed by atoms with van der Waals surface area (Å²) in [5.41, 5.74) is 0.947. The third kappa shape index (κ3) is 3.64. The van der Waals surface area contributed by atoms with Gasteiger partial charge in [-0.2, -0.15) is 0 Å². The predicted molar refractivity (Wildman–Crippen MR) is 81.4 cm³/mol. The summed E-state index contributed by atoms with van der Waals surface area (Å²) in [6.45, 7) is 0. The van der Waals surface area contributed by atoms with Gasteiger partial charge >= 0.3 is 6.03 Å². The van der Waals surface area contributed by atoms with Gasteiger partial charge < -0.3 is 20.5 Å². The molecule has 0 spiro atoms. The van der Waals surface area contributed by atoms with Gasteiger partial charge in [0, 0.05) is 16.2 Å². The zero-order valence-corrected chi connectivity index (χ0v) is 12.3. The van der Waals surface area contributed by atoms with Crippen molar-refractivity contribution in [2.75, 3.05) is 17.7 Å². The topological polar surface area (TPSA) is 70.6 Å². The van der Waals surface area contributed by atoms with Crippen LogP contribution in [0.15, 0.2) is 46.9 Å². The van der Waals surface area contributed by atoms with Crippen LogP contribution in [0.3, 0.4) is 0 Å². The van der Waals surface area contributed by atoms with E-state index in [9.17, 15) is 9.90 Å². The highest BCUT2D eigenvalue weighted by molar-refractivity contribution is 9.10. The van der Waals surface area contributed by atoms with E-state index in [4.69, 9.17) is 4.74 Å². The highest BCUT2D eigenvalue weighted by Gasteiger charge is 2.07. The molecule has 104 valence electrons. The number of phenolic OH excluding ortho intramolecular Hbond substituents is 1. The van der Waals surface area contributed by atoms with Crippen molar-refractivity contribution in [1.29, 1.82) is 0 Å². The van der Waals surface area contributed by atoms with E-state index >= 15 is 0 Å². The van der Waals surface area contributed by atoms with Crippen LogP contribution in [-0.2, 0) is 0 Å². The van der Waals surface area contributed by atoms with Crippen LogP contribution in [0.1, 0.15) is 0 Å². The molecule has 0 heterocycles. The van der Waals surface area contributed by atoms with Gasteiger partial charge in [0.1, 0.15) is 11.5 Å². The van der Waals surface area contributed by atoms with Gasteiger partial charge in [0.05, 0.1) is 12.8 Å². The molecule has 0 aromatic heterocycles. The molecule has 0 aliphatic carbocycles. The molecule has 0 fully saturated rings. The van der Waals surface area contributed by atoms with Crippen molar-refractivity contribution in [2.24, 2.45) is 0 Å². The molecule has 0 saturated heterocycles. The van der Waals surface area contributed by atoms with Crippen molar-refractivity contribution in [1.82, 2.24) is 0 Å². The second kappa shape index (κ2) is 6.29. The van der Waals surface area contributed by atoms with Crippen LogP contribution >= 0.6 is 15.9 Å². The van der Waals surface area contributed by atoms with E-state index in [0.29, 0.717) is 17.1 Å². The number of rotatable bonds is 3. The first-order chi connectivity index (χ1) is 9.58. The van der Waals surface area contributed by atoms with E-state index in [2.05, 4.69) is 26.6 Å². The normalized spacial score (nSPS) is 9.90. The lowest BCUT2D eigenvalue weighted by molar-refractivity contribution is 0.262. The number of ether oxygens (including phenoxy) is 1. The van der Waals surface area contributed by atoms with Gasteiger partial charge in [-0.1, -0.05) is 22.0 Å². The van der Waals surface area contributed by atoms with Gasteiger partial charge in [-0.3, -0.25) is 0 Å².